The maximum absolute atomic E-state index is 12.3. The minimum Gasteiger partial charge on any atom is -0.462 e. The lowest BCUT2D eigenvalue weighted by Crippen LogP contribution is -2.24. The summed E-state index contributed by atoms with van der Waals surface area (Å²) >= 11 is 0. The van der Waals surface area contributed by atoms with Crippen molar-refractivity contribution in [2.45, 2.75) is 25.3 Å². The highest BCUT2D eigenvalue weighted by Gasteiger charge is 2.40. The molecule has 6 nitrogen and oxygen atoms in total. The number of carbonyl (C=O) groups is 1. The van der Waals surface area contributed by atoms with Crippen LogP contribution in [0.4, 0.5) is 11.5 Å². The molecule has 30 heavy (non-hydrogen) atoms. The molecule has 1 aliphatic rings. The van der Waals surface area contributed by atoms with Gasteiger partial charge >= 0.3 is 5.97 Å². The molecular formula is C24H24N4O2. The van der Waals surface area contributed by atoms with Gasteiger partial charge in [0.1, 0.15) is 11.4 Å². The van der Waals surface area contributed by atoms with Crippen LogP contribution in [0.15, 0.2) is 83.2 Å². The van der Waals surface area contributed by atoms with Crippen LogP contribution in [0.5, 0.6) is 0 Å². The monoisotopic (exact) mass is 400 g/mol. The van der Waals surface area contributed by atoms with E-state index in [4.69, 9.17) is 9.85 Å². The zero-order chi connectivity index (χ0) is 20.8. The molecule has 2 heterocycles. The van der Waals surface area contributed by atoms with Crippen molar-refractivity contribution in [3.8, 4) is 0 Å². The summed E-state index contributed by atoms with van der Waals surface area (Å²) in [7, 11) is 0. The molecular weight excluding hydrogens is 376 g/mol. The Morgan fingerprint density at radius 3 is 2.67 bits per heavy atom. The van der Waals surface area contributed by atoms with Gasteiger partial charge in [-0.2, -0.15) is 10.2 Å². The Morgan fingerprint density at radius 1 is 1.07 bits per heavy atom. The summed E-state index contributed by atoms with van der Waals surface area (Å²) in [6.07, 6.45) is 3.37. The van der Waals surface area contributed by atoms with Gasteiger partial charge in [0.15, 0.2) is 0 Å². The number of aromatic nitrogens is 1. The number of nitrogens with one attached hydrogen (secondary N) is 1. The molecule has 1 unspecified atom stereocenters. The number of hydrogen-bond acceptors (Lipinski definition) is 6. The Bertz CT molecular complexity index is 1040. The number of rotatable bonds is 8. The molecule has 3 aromatic rings. The van der Waals surface area contributed by atoms with Crippen LogP contribution < -0.4 is 5.32 Å². The van der Waals surface area contributed by atoms with Crippen molar-refractivity contribution in [3.05, 3.63) is 89.6 Å². The van der Waals surface area contributed by atoms with Crippen LogP contribution >= 0.6 is 0 Å². The average Bonchev–Trinajstić information content (AvgIpc) is 3.17. The van der Waals surface area contributed by atoms with Gasteiger partial charge in [-0.15, -0.1) is 0 Å². The van der Waals surface area contributed by atoms with E-state index in [0.29, 0.717) is 12.2 Å². The summed E-state index contributed by atoms with van der Waals surface area (Å²) in [4.78, 5) is 16.6. The molecule has 0 aliphatic carbocycles. The Kier molecular flexibility index (Phi) is 5.84. The molecule has 1 aliphatic heterocycles. The molecule has 0 radical (unpaired) electrons. The molecule has 2 aromatic carbocycles. The molecule has 0 spiro atoms. The fraction of sp³-hybridized carbons (Fsp3) is 0.250. The van der Waals surface area contributed by atoms with Crippen LogP contribution in [0.3, 0.4) is 0 Å². The molecule has 0 bridgehead atoms. The van der Waals surface area contributed by atoms with E-state index >= 15 is 0 Å². The van der Waals surface area contributed by atoms with Gasteiger partial charge < -0.3 is 10.1 Å². The van der Waals surface area contributed by atoms with Crippen molar-refractivity contribution in [1.29, 1.82) is 0 Å². The topological polar surface area (TPSA) is 75.9 Å². The van der Waals surface area contributed by atoms with Crippen molar-refractivity contribution in [1.82, 2.24) is 4.98 Å². The SMILES string of the molecule is CCOC(=O)c1ccc2c(c1)C(CCCNc1ccccn1)(c1ccccc1)N=N2. The van der Waals surface area contributed by atoms with E-state index in [1.54, 1.807) is 19.2 Å². The van der Waals surface area contributed by atoms with Gasteiger partial charge in [0, 0.05) is 18.3 Å². The number of fused-ring (bicyclic) bond motifs is 1. The molecule has 1 atom stereocenters. The van der Waals surface area contributed by atoms with Gasteiger partial charge in [0.2, 0.25) is 0 Å². The number of pyridine rings is 1. The van der Waals surface area contributed by atoms with E-state index in [1.165, 1.54) is 0 Å². The van der Waals surface area contributed by atoms with Gasteiger partial charge in [0.25, 0.3) is 0 Å². The zero-order valence-corrected chi connectivity index (χ0v) is 16.9. The molecule has 1 aromatic heterocycles. The molecule has 1 N–H and O–H groups in total. The normalized spacial score (nSPS) is 16.8. The highest BCUT2D eigenvalue weighted by molar-refractivity contribution is 5.90. The van der Waals surface area contributed by atoms with Gasteiger partial charge in [-0.3, -0.25) is 0 Å². The Balaban J connectivity index is 1.61. The number of benzene rings is 2. The quantitative estimate of drug-likeness (QED) is 0.401. The lowest BCUT2D eigenvalue weighted by Gasteiger charge is -2.27. The summed E-state index contributed by atoms with van der Waals surface area (Å²) in [5, 5.41) is 12.5. The van der Waals surface area contributed by atoms with Gasteiger partial charge in [0.05, 0.1) is 17.9 Å². The standard InChI is InChI=1S/C24H24N4O2/c1-2-30-23(29)18-12-13-21-20(17-18)24(28-27-21,19-9-4-3-5-10-19)14-8-16-26-22-11-6-7-15-25-22/h3-7,9-13,15,17H,2,8,14,16H2,1H3,(H,25,26). The largest absolute Gasteiger partial charge is 0.462 e. The maximum atomic E-state index is 12.3. The number of ether oxygens (including phenoxy) is 1. The molecule has 4 rings (SSSR count). The maximum Gasteiger partial charge on any atom is 0.338 e. The predicted molar refractivity (Wildman–Crippen MR) is 116 cm³/mol. The predicted octanol–water partition coefficient (Wildman–Crippen LogP) is 5.49. The fourth-order valence-electron chi connectivity index (χ4n) is 3.77. The van der Waals surface area contributed by atoms with E-state index in [1.807, 2.05) is 48.5 Å². The second-order valence-electron chi connectivity index (χ2n) is 7.12. The third-order valence-electron chi connectivity index (χ3n) is 5.22. The molecule has 0 saturated heterocycles. The summed E-state index contributed by atoms with van der Waals surface area (Å²) in [6, 6.07) is 21.4. The molecule has 6 heteroatoms. The van der Waals surface area contributed by atoms with E-state index in [9.17, 15) is 4.79 Å². The van der Waals surface area contributed by atoms with Crippen molar-refractivity contribution in [3.63, 3.8) is 0 Å². The second kappa shape index (κ2) is 8.86. The molecule has 0 fully saturated rings. The Hall–Kier alpha value is -3.54. The molecule has 0 saturated carbocycles. The van der Waals surface area contributed by atoms with E-state index in [2.05, 4.69) is 27.5 Å². The molecule has 152 valence electrons. The van der Waals surface area contributed by atoms with Crippen LogP contribution in [0, 0.1) is 0 Å². The fourth-order valence-corrected chi connectivity index (χ4v) is 3.77. The van der Waals surface area contributed by atoms with E-state index in [0.717, 1.165) is 42.0 Å². The van der Waals surface area contributed by atoms with Crippen LogP contribution in [0.1, 0.15) is 41.3 Å². The summed E-state index contributed by atoms with van der Waals surface area (Å²) < 4.78 is 5.19. The third-order valence-corrected chi connectivity index (χ3v) is 5.22. The van der Waals surface area contributed by atoms with Gasteiger partial charge in [-0.05, 0) is 55.7 Å². The minimum absolute atomic E-state index is 0.328. The summed E-state index contributed by atoms with van der Waals surface area (Å²) in [6.45, 7) is 2.90. The lowest BCUT2D eigenvalue weighted by molar-refractivity contribution is 0.0526. The first kappa shape index (κ1) is 19.8. The second-order valence-corrected chi connectivity index (χ2v) is 7.12. The minimum atomic E-state index is -0.620. The zero-order valence-electron chi connectivity index (χ0n) is 16.9. The summed E-state index contributed by atoms with van der Waals surface area (Å²) in [5.74, 6) is 0.523. The number of nitrogens with zero attached hydrogens (tertiary/aromatic N) is 3. The number of anilines is 1. The van der Waals surface area contributed by atoms with Gasteiger partial charge in [-0.1, -0.05) is 36.4 Å². The van der Waals surface area contributed by atoms with Crippen molar-refractivity contribution < 1.29 is 9.53 Å². The first-order valence-electron chi connectivity index (χ1n) is 10.2. The highest BCUT2D eigenvalue weighted by Crippen LogP contribution is 2.48. The number of esters is 1. The number of hydrogen-bond donors (Lipinski definition) is 1. The Morgan fingerprint density at radius 2 is 1.90 bits per heavy atom. The third kappa shape index (κ3) is 3.94. The van der Waals surface area contributed by atoms with E-state index < -0.39 is 5.54 Å². The average molecular weight is 400 g/mol. The molecule has 0 amide bonds. The highest BCUT2D eigenvalue weighted by atomic mass is 16.5. The van der Waals surface area contributed by atoms with Crippen LogP contribution in [0.2, 0.25) is 0 Å². The van der Waals surface area contributed by atoms with E-state index in [-0.39, 0.29) is 5.97 Å². The van der Waals surface area contributed by atoms with Crippen LogP contribution in [-0.2, 0) is 10.3 Å². The first-order chi connectivity index (χ1) is 14.7. The van der Waals surface area contributed by atoms with Crippen molar-refractivity contribution in [2.24, 2.45) is 10.2 Å². The first-order valence-corrected chi connectivity index (χ1v) is 10.2. The van der Waals surface area contributed by atoms with Gasteiger partial charge in [-0.25, -0.2) is 9.78 Å². The Labute approximate surface area is 176 Å². The summed E-state index contributed by atoms with van der Waals surface area (Å²) in [5.41, 5.74) is 2.70. The smallest absolute Gasteiger partial charge is 0.338 e. The van der Waals surface area contributed by atoms with Crippen molar-refractivity contribution in [2.75, 3.05) is 18.5 Å². The van der Waals surface area contributed by atoms with Crippen LogP contribution in [-0.4, -0.2) is 24.1 Å². The number of carbonyl (C=O) groups excluding carboxylic acids is 1. The van der Waals surface area contributed by atoms with Crippen molar-refractivity contribution >= 4 is 17.5 Å². The lowest BCUT2D eigenvalue weighted by atomic mass is 9.79. The number of azo groups is 1. The van der Waals surface area contributed by atoms with Crippen LogP contribution in [0.25, 0.3) is 0 Å².